The molecule has 0 aliphatic carbocycles. The molecule has 0 aliphatic rings. The molecular formula is C60H42N2Si. The third-order valence-corrected chi connectivity index (χ3v) is 17.8. The molecule has 12 aromatic rings. The zero-order chi connectivity index (χ0) is 41.7. The van der Waals surface area contributed by atoms with Gasteiger partial charge in [-0.3, -0.25) is 0 Å². The second-order valence-corrected chi connectivity index (χ2v) is 20.3. The van der Waals surface area contributed by atoms with Gasteiger partial charge in [0.2, 0.25) is 0 Å². The first-order valence-corrected chi connectivity index (χ1v) is 23.8. The maximum Gasteiger partial charge on any atom is 0.179 e. The Hall–Kier alpha value is -7.98. The van der Waals surface area contributed by atoms with Crippen molar-refractivity contribution in [2.45, 2.75) is 0 Å². The number of benzene rings is 10. The van der Waals surface area contributed by atoms with E-state index in [-0.39, 0.29) is 0 Å². The van der Waals surface area contributed by atoms with Crippen molar-refractivity contribution >= 4 is 72.4 Å². The quantitative estimate of drug-likeness (QED) is 0.107. The van der Waals surface area contributed by atoms with Gasteiger partial charge in [-0.15, -0.1) is 0 Å². The van der Waals surface area contributed by atoms with Gasteiger partial charge in [-0.25, -0.2) is 0 Å². The van der Waals surface area contributed by atoms with E-state index in [9.17, 15) is 0 Å². The predicted molar refractivity (Wildman–Crippen MR) is 270 cm³/mol. The van der Waals surface area contributed by atoms with Crippen LogP contribution in [-0.2, 0) is 0 Å². The first kappa shape index (κ1) is 36.8. The number of aromatic nitrogens is 2. The number of rotatable bonds is 8. The van der Waals surface area contributed by atoms with E-state index in [1.54, 1.807) is 0 Å². The van der Waals surface area contributed by atoms with E-state index < -0.39 is 8.07 Å². The average molecular weight is 819 g/mol. The molecule has 0 aliphatic heterocycles. The van der Waals surface area contributed by atoms with Crippen LogP contribution in [0.4, 0.5) is 0 Å². The highest BCUT2D eigenvalue weighted by atomic mass is 28.3. The molecule has 296 valence electrons. The van der Waals surface area contributed by atoms with Crippen LogP contribution in [0.15, 0.2) is 255 Å². The zero-order valence-corrected chi connectivity index (χ0v) is 35.6. The predicted octanol–water partition coefficient (Wildman–Crippen LogP) is 12.6. The molecule has 2 nitrogen and oxygen atoms in total. The third-order valence-electron chi connectivity index (χ3n) is 13.1. The van der Waals surface area contributed by atoms with E-state index in [4.69, 9.17) is 0 Å². The van der Waals surface area contributed by atoms with Gasteiger partial charge in [0, 0.05) is 32.9 Å². The topological polar surface area (TPSA) is 9.86 Å². The Morgan fingerprint density at radius 1 is 0.222 bits per heavy atom. The maximum absolute atomic E-state index is 2.74. The summed E-state index contributed by atoms with van der Waals surface area (Å²) in [6.07, 6.45) is 0. The Labute approximate surface area is 368 Å². The lowest BCUT2D eigenvalue weighted by Crippen LogP contribution is -2.74. The Bertz CT molecular complexity index is 3500. The van der Waals surface area contributed by atoms with Crippen molar-refractivity contribution in [3.63, 3.8) is 0 Å². The molecular weight excluding hydrogens is 777 g/mol. The van der Waals surface area contributed by atoms with E-state index >= 15 is 0 Å². The van der Waals surface area contributed by atoms with Crippen molar-refractivity contribution in [3.05, 3.63) is 255 Å². The van der Waals surface area contributed by atoms with Crippen LogP contribution in [0.3, 0.4) is 0 Å². The van der Waals surface area contributed by atoms with Gasteiger partial charge in [0.1, 0.15) is 0 Å². The highest BCUT2D eigenvalue weighted by molar-refractivity contribution is 7.20. The Morgan fingerprint density at radius 2 is 0.651 bits per heavy atom. The minimum Gasteiger partial charge on any atom is -0.309 e. The van der Waals surface area contributed by atoms with Crippen LogP contribution in [0.5, 0.6) is 0 Å². The molecule has 63 heavy (non-hydrogen) atoms. The van der Waals surface area contributed by atoms with Crippen LogP contribution in [0, 0.1) is 0 Å². The van der Waals surface area contributed by atoms with E-state index in [1.807, 2.05) is 0 Å². The molecule has 0 N–H and O–H groups in total. The molecule has 0 spiro atoms. The van der Waals surface area contributed by atoms with Gasteiger partial charge in [0.05, 0.1) is 22.1 Å². The molecule has 2 aromatic heterocycles. The van der Waals surface area contributed by atoms with E-state index in [0.29, 0.717) is 0 Å². The van der Waals surface area contributed by atoms with Crippen LogP contribution < -0.4 is 20.7 Å². The SMILES string of the molecule is c1ccc(-c2cccc(-c3ccc4c(c3)c3cc(-n5c6ccccc6c6cc([Si](c7ccccc7)(c7ccccc7)c7ccccc7)ccc65)ccc3n4-c3ccccc3)c2)cc1. The van der Waals surface area contributed by atoms with Crippen molar-refractivity contribution in [3.8, 4) is 33.6 Å². The lowest BCUT2D eigenvalue weighted by Gasteiger charge is -2.34. The fourth-order valence-electron chi connectivity index (χ4n) is 10.2. The molecule has 12 rings (SSSR count). The van der Waals surface area contributed by atoms with Crippen LogP contribution in [0.25, 0.3) is 77.2 Å². The fourth-order valence-corrected chi connectivity index (χ4v) is 15.0. The van der Waals surface area contributed by atoms with Gasteiger partial charge in [0.25, 0.3) is 0 Å². The monoisotopic (exact) mass is 818 g/mol. The number of fused-ring (bicyclic) bond motifs is 6. The van der Waals surface area contributed by atoms with E-state index in [2.05, 4.69) is 264 Å². The van der Waals surface area contributed by atoms with E-state index in [1.165, 1.54) is 86.6 Å². The summed E-state index contributed by atoms with van der Waals surface area (Å²) < 4.78 is 4.89. The minimum absolute atomic E-state index is 1.14. The summed E-state index contributed by atoms with van der Waals surface area (Å²) in [5.41, 5.74) is 11.9. The molecule has 0 atom stereocenters. The molecule has 3 heteroatoms. The second kappa shape index (κ2) is 15.2. The maximum atomic E-state index is 2.52. The molecule has 0 bridgehead atoms. The van der Waals surface area contributed by atoms with Gasteiger partial charge in [-0.1, -0.05) is 194 Å². The minimum atomic E-state index is -2.74. The molecule has 0 saturated heterocycles. The number of hydrogen-bond donors (Lipinski definition) is 0. The first-order chi connectivity index (χ1) is 31.3. The van der Waals surface area contributed by atoms with Crippen molar-refractivity contribution in [1.82, 2.24) is 9.13 Å². The summed E-state index contributed by atoms with van der Waals surface area (Å²) in [4.78, 5) is 0. The van der Waals surface area contributed by atoms with Crippen LogP contribution >= 0.6 is 0 Å². The number of hydrogen-bond acceptors (Lipinski definition) is 0. The molecule has 0 amide bonds. The average Bonchev–Trinajstić information content (AvgIpc) is 3.87. The first-order valence-electron chi connectivity index (χ1n) is 21.8. The molecule has 0 radical (unpaired) electrons. The van der Waals surface area contributed by atoms with Crippen LogP contribution in [0.2, 0.25) is 0 Å². The largest absolute Gasteiger partial charge is 0.309 e. The smallest absolute Gasteiger partial charge is 0.179 e. The Morgan fingerprint density at radius 3 is 1.29 bits per heavy atom. The van der Waals surface area contributed by atoms with Crippen molar-refractivity contribution in [1.29, 1.82) is 0 Å². The second-order valence-electron chi connectivity index (χ2n) is 16.5. The van der Waals surface area contributed by atoms with Gasteiger partial charge in [0.15, 0.2) is 8.07 Å². The fraction of sp³-hybridized carbons (Fsp3) is 0. The number of nitrogens with zero attached hydrogens (tertiary/aromatic N) is 2. The summed E-state index contributed by atoms with van der Waals surface area (Å²) in [5, 5.41) is 10.4. The number of para-hydroxylation sites is 2. The van der Waals surface area contributed by atoms with Crippen molar-refractivity contribution < 1.29 is 0 Å². The van der Waals surface area contributed by atoms with Crippen molar-refractivity contribution in [2.75, 3.05) is 0 Å². The van der Waals surface area contributed by atoms with Gasteiger partial charge < -0.3 is 9.13 Å². The standard InChI is InChI=1S/C60H42N2Si/c1-6-19-43(20-7-1)44-21-18-22-45(39-44)46-33-36-58-54(40-46)55-41-48(34-37-59(55)61(58)47-23-8-2-9-24-47)62-57-32-17-16-31-53(57)56-42-52(35-38-60(56)62)63(49-25-10-3-11-26-49,50-27-12-4-13-28-50)51-29-14-5-15-30-51/h1-42H. The van der Waals surface area contributed by atoms with Gasteiger partial charge in [-0.05, 0) is 104 Å². The normalized spacial score (nSPS) is 11.8. The Kier molecular flexibility index (Phi) is 8.87. The van der Waals surface area contributed by atoms with Crippen LogP contribution in [0.1, 0.15) is 0 Å². The molecule has 0 fully saturated rings. The van der Waals surface area contributed by atoms with E-state index in [0.717, 1.165) is 11.4 Å². The molecule has 2 heterocycles. The lowest BCUT2D eigenvalue weighted by atomic mass is 9.98. The third kappa shape index (κ3) is 6.00. The van der Waals surface area contributed by atoms with Crippen molar-refractivity contribution in [2.24, 2.45) is 0 Å². The summed E-state index contributed by atoms with van der Waals surface area (Å²) >= 11 is 0. The van der Waals surface area contributed by atoms with Gasteiger partial charge in [-0.2, -0.15) is 0 Å². The highest BCUT2D eigenvalue weighted by Gasteiger charge is 2.41. The summed E-state index contributed by atoms with van der Waals surface area (Å²) in [6, 6.07) is 94.2. The summed E-state index contributed by atoms with van der Waals surface area (Å²) in [7, 11) is -2.74. The highest BCUT2D eigenvalue weighted by Crippen LogP contribution is 2.39. The molecule has 10 aromatic carbocycles. The zero-order valence-electron chi connectivity index (χ0n) is 34.6. The van der Waals surface area contributed by atoms with Gasteiger partial charge >= 0.3 is 0 Å². The summed E-state index contributed by atoms with van der Waals surface area (Å²) in [5.74, 6) is 0. The lowest BCUT2D eigenvalue weighted by molar-refractivity contribution is 1.17. The Balaban J connectivity index is 1.09. The molecule has 0 saturated carbocycles. The molecule has 0 unspecified atom stereocenters. The summed E-state index contributed by atoms with van der Waals surface area (Å²) in [6.45, 7) is 0. The van der Waals surface area contributed by atoms with Crippen LogP contribution in [-0.4, -0.2) is 17.2 Å².